The quantitative estimate of drug-likeness (QED) is 0.489. The summed E-state index contributed by atoms with van der Waals surface area (Å²) in [7, 11) is -1.29. The average Bonchev–Trinajstić information content (AvgIpc) is 1.87. The van der Waals surface area contributed by atoms with Crippen LogP contribution in [0.2, 0.25) is 0 Å². The molecule has 0 heterocycles. The number of aliphatic carboxylic acids is 1. The Balaban J connectivity index is 3.84. The van der Waals surface area contributed by atoms with Crippen molar-refractivity contribution in [2.75, 3.05) is 6.26 Å². The highest BCUT2D eigenvalue weighted by atomic mass is 32.2. The Hall–Kier alpha value is -0.460. The zero-order valence-corrected chi connectivity index (χ0v) is 6.87. The van der Waals surface area contributed by atoms with Gasteiger partial charge in [-0.25, -0.2) is 4.79 Å². The molecule has 0 aromatic carbocycles. The molecule has 3 unspecified atom stereocenters. The van der Waals surface area contributed by atoms with Crippen LogP contribution in [0.3, 0.4) is 0 Å². The largest absolute Gasteiger partial charge is 0.479 e. The Morgan fingerprint density at radius 1 is 1.73 bits per heavy atom. The van der Waals surface area contributed by atoms with Crippen LogP contribution in [-0.4, -0.2) is 38.1 Å². The standard InChI is InChI=1S/C5H11NO4S/c1-11(10)4(6)2-3(7)5(8)9/h3-4,7H,2,6H2,1H3,(H,8,9). The number of carbonyl (C=O) groups is 1. The summed E-state index contributed by atoms with van der Waals surface area (Å²) < 4.78 is 10.6. The van der Waals surface area contributed by atoms with Gasteiger partial charge in [-0.1, -0.05) is 0 Å². The monoisotopic (exact) mass is 181 g/mol. The summed E-state index contributed by atoms with van der Waals surface area (Å²) in [6, 6.07) is 0. The van der Waals surface area contributed by atoms with Crippen molar-refractivity contribution < 1.29 is 19.2 Å². The maximum absolute atomic E-state index is 10.6. The van der Waals surface area contributed by atoms with Gasteiger partial charge in [-0.3, -0.25) is 4.21 Å². The predicted octanol–water partition coefficient (Wildman–Crippen LogP) is -1.51. The summed E-state index contributed by atoms with van der Waals surface area (Å²) in [4.78, 5) is 10.1. The van der Waals surface area contributed by atoms with Crippen LogP contribution in [0.15, 0.2) is 0 Å². The van der Waals surface area contributed by atoms with Crippen molar-refractivity contribution in [1.82, 2.24) is 0 Å². The highest BCUT2D eigenvalue weighted by Crippen LogP contribution is 1.98. The molecule has 3 atom stereocenters. The van der Waals surface area contributed by atoms with E-state index in [0.29, 0.717) is 0 Å². The Kier molecular flexibility index (Phi) is 4.24. The van der Waals surface area contributed by atoms with Crippen LogP contribution in [0.4, 0.5) is 0 Å². The molecule has 0 aliphatic carbocycles. The van der Waals surface area contributed by atoms with Gasteiger partial charge >= 0.3 is 5.97 Å². The third-order valence-electron chi connectivity index (χ3n) is 1.17. The third kappa shape index (κ3) is 4.07. The van der Waals surface area contributed by atoms with E-state index in [1.807, 2.05) is 0 Å². The van der Waals surface area contributed by atoms with E-state index in [1.54, 1.807) is 0 Å². The number of carboxylic acids is 1. The lowest BCUT2D eigenvalue weighted by molar-refractivity contribution is -0.146. The highest BCUT2D eigenvalue weighted by Gasteiger charge is 2.18. The number of hydrogen-bond donors (Lipinski definition) is 3. The van der Waals surface area contributed by atoms with Gasteiger partial charge < -0.3 is 15.9 Å². The molecule has 0 spiro atoms. The summed E-state index contributed by atoms with van der Waals surface area (Å²) in [6.07, 6.45) is -0.341. The lowest BCUT2D eigenvalue weighted by Gasteiger charge is -2.09. The second-order valence-corrected chi connectivity index (χ2v) is 3.73. The minimum atomic E-state index is -1.52. The molecule has 0 aliphatic heterocycles. The van der Waals surface area contributed by atoms with Crippen LogP contribution in [-0.2, 0) is 15.6 Å². The molecule has 4 N–H and O–H groups in total. The summed E-state index contributed by atoms with van der Waals surface area (Å²) >= 11 is 0. The van der Waals surface area contributed by atoms with Crippen molar-refractivity contribution in [3.8, 4) is 0 Å². The van der Waals surface area contributed by atoms with Crippen LogP contribution in [0.25, 0.3) is 0 Å². The molecule has 66 valence electrons. The molecule has 0 saturated carbocycles. The first-order valence-corrected chi connectivity index (χ1v) is 4.56. The molecule has 0 rings (SSSR count). The number of hydrogen-bond acceptors (Lipinski definition) is 4. The molecular weight excluding hydrogens is 170 g/mol. The summed E-state index contributed by atoms with van der Waals surface area (Å²) in [6.45, 7) is 0. The summed E-state index contributed by atoms with van der Waals surface area (Å²) in [5.74, 6) is -1.34. The van der Waals surface area contributed by atoms with Crippen LogP contribution < -0.4 is 5.73 Å². The Labute approximate surface area is 66.7 Å². The number of nitrogens with two attached hydrogens (primary N) is 1. The molecular formula is C5H11NO4S. The summed E-state index contributed by atoms with van der Waals surface area (Å²) in [5.41, 5.74) is 5.23. The van der Waals surface area contributed by atoms with Gasteiger partial charge in [-0.2, -0.15) is 0 Å². The van der Waals surface area contributed by atoms with Gasteiger partial charge in [0.05, 0.1) is 5.37 Å². The zero-order chi connectivity index (χ0) is 9.02. The zero-order valence-electron chi connectivity index (χ0n) is 6.06. The van der Waals surface area contributed by atoms with E-state index in [9.17, 15) is 9.00 Å². The molecule has 0 bridgehead atoms. The Bertz CT molecular complexity index is 154. The van der Waals surface area contributed by atoms with Crippen LogP contribution in [0, 0.1) is 0 Å². The highest BCUT2D eigenvalue weighted by molar-refractivity contribution is 7.84. The van der Waals surface area contributed by atoms with Crippen molar-refractivity contribution in [3.63, 3.8) is 0 Å². The third-order valence-corrected chi connectivity index (χ3v) is 2.21. The average molecular weight is 181 g/mol. The SMILES string of the molecule is CS(=O)C(N)CC(O)C(=O)O. The van der Waals surface area contributed by atoms with Gasteiger partial charge in [-0.15, -0.1) is 0 Å². The van der Waals surface area contributed by atoms with E-state index in [1.165, 1.54) is 6.26 Å². The van der Waals surface area contributed by atoms with E-state index in [-0.39, 0.29) is 6.42 Å². The first-order chi connectivity index (χ1) is 4.95. The molecule has 0 aromatic heterocycles. The number of rotatable bonds is 4. The number of aliphatic hydroxyl groups is 1. The maximum atomic E-state index is 10.6. The first-order valence-electron chi connectivity index (χ1n) is 2.94. The minimum absolute atomic E-state index is 0.182. The van der Waals surface area contributed by atoms with E-state index >= 15 is 0 Å². The van der Waals surface area contributed by atoms with Gasteiger partial charge in [0.1, 0.15) is 0 Å². The van der Waals surface area contributed by atoms with Crippen LogP contribution >= 0.6 is 0 Å². The van der Waals surface area contributed by atoms with Crippen molar-refractivity contribution in [2.24, 2.45) is 5.73 Å². The van der Waals surface area contributed by atoms with E-state index in [0.717, 1.165) is 0 Å². The van der Waals surface area contributed by atoms with Crippen molar-refractivity contribution >= 4 is 16.8 Å². The fourth-order valence-corrected chi connectivity index (χ4v) is 0.910. The minimum Gasteiger partial charge on any atom is -0.479 e. The fraction of sp³-hybridized carbons (Fsp3) is 0.800. The van der Waals surface area contributed by atoms with E-state index in [4.69, 9.17) is 15.9 Å². The van der Waals surface area contributed by atoms with Gasteiger partial charge in [0.15, 0.2) is 6.10 Å². The number of carboxylic acid groups (broad SMARTS) is 1. The molecule has 6 heteroatoms. The van der Waals surface area contributed by atoms with Gasteiger partial charge in [-0.05, 0) is 0 Å². The molecule has 5 nitrogen and oxygen atoms in total. The van der Waals surface area contributed by atoms with Crippen molar-refractivity contribution in [3.05, 3.63) is 0 Å². The Morgan fingerprint density at radius 2 is 2.18 bits per heavy atom. The fourth-order valence-electron chi connectivity index (χ4n) is 0.456. The topological polar surface area (TPSA) is 101 Å². The van der Waals surface area contributed by atoms with Crippen molar-refractivity contribution in [1.29, 1.82) is 0 Å². The van der Waals surface area contributed by atoms with Gasteiger partial charge in [0, 0.05) is 23.5 Å². The molecule has 11 heavy (non-hydrogen) atoms. The maximum Gasteiger partial charge on any atom is 0.332 e. The lowest BCUT2D eigenvalue weighted by atomic mass is 10.2. The van der Waals surface area contributed by atoms with Gasteiger partial charge in [0.25, 0.3) is 0 Å². The molecule has 0 amide bonds. The second-order valence-electron chi connectivity index (χ2n) is 2.13. The normalized spacial score (nSPS) is 18.8. The van der Waals surface area contributed by atoms with Gasteiger partial charge in [0.2, 0.25) is 0 Å². The number of aliphatic hydroxyl groups excluding tert-OH is 1. The smallest absolute Gasteiger partial charge is 0.332 e. The molecule has 0 saturated heterocycles. The molecule has 0 aliphatic rings. The predicted molar refractivity (Wildman–Crippen MR) is 40.3 cm³/mol. The molecule has 0 fully saturated rings. The lowest BCUT2D eigenvalue weighted by Crippen LogP contribution is -2.33. The second kappa shape index (κ2) is 4.42. The molecule has 0 radical (unpaired) electrons. The Morgan fingerprint density at radius 3 is 2.45 bits per heavy atom. The van der Waals surface area contributed by atoms with E-state index in [2.05, 4.69) is 0 Å². The van der Waals surface area contributed by atoms with Crippen LogP contribution in [0.5, 0.6) is 0 Å². The molecule has 0 aromatic rings. The van der Waals surface area contributed by atoms with E-state index < -0.39 is 28.2 Å². The summed E-state index contributed by atoms with van der Waals surface area (Å²) in [5, 5.41) is 16.2. The van der Waals surface area contributed by atoms with Crippen molar-refractivity contribution in [2.45, 2.75) is 17.9 Å². The van der Waals surface area contributed by atoms with Crippen LogP contribution in [0.1, 0.15) is 6.42 Å². The first kappa shape index (κ1) is 10.5.